The van der Waals surface area contributed by atoms with Crippen molar-refractivity contribution in [1.29, 1.82) is 0 Å². The maximum Gasteiger partial charge on any atom is 0.0757 e. The maximum atomic E-state index is 10.0. The van der Waals surface area contributed by atoms with Crippen LogP contribution in [0.15, 0.2) is 0 Å². The number of morpholine rings is 1. The van der Waals surface area contributed by atoms with Crippen molar-refractivity contribution in [3.8, 4) is 0 Å². The first-order valence-electron chi connectivity index (χ1n) is 5.87. The fraction of sp³-hybridized carbons (Fsp3) is 1.00. The molecule has 2 unspecified atom stereocenters. The molecule has 0 aromatic heterocycles. The predicted octanol–water partition coefficient (Wildman–Crippen LogP) is 1.65. The number of β-amino-alcohol motifs (C(OH)–C–C–N with tert-alkyl or cyclic N) is 1. The van der Waals surface area contributed by atoms with E-state index < -0.39 is 5.60 Å². The van der Waals surface area contributed by atoms with E-state index in [1.54, 1.807) is 0 Å². The molecule has 15 heavy (non-hydrogen) atoms. The summed E-state index contributed by atoms with van der Waals surface area (Å²) in [6.07, 6.45) is 1.04. The lowest BCUT2D eigenvalue weighted by Gasteiger charge is -2.43. The zero-order chi connectivity index (χ0) is 11.7. The van der Waals surface area contributed by atoms with E-state index in [1.165, 1.54) is 0 Å². The number of hydrogen-bond acceptors (Lipinski definition) is 3. The van der Waals surface area contributed by atoms with Gasteiger partial charge in [-0.3, -0.25) is 4.90 Å². The summed E-state index contributed by atoms with van der Waals surface area (Å²) in [5.74, 6) is 0. The van der Waals surface area contributed by atoms with Gasteiger partial charge in [-0.25, -0.2) is 0 Å². The molecule has 0 aliphatic carbocycles. The summed E-state index contributed by atoms with van der Waals surface area (Å²) < 4.78 is 5.83. The molecule has 3 nitrogen and oxygen atoms in total. The standard InChI is InChI=1S/C12H25NO2/c1-6-12(5,14)9-13-7-10(2)15-11(3,4)8-13/h10,14H,6-9H2,1-5H3. The largest absolute Gasteiger partial charge is 0.389 e. The molecule has 0 aromatic carbocycles. The molecule has 0 radical (unpaired) electrons. The van der Waals surface area contributed by atoms with Gasteiger partial charge in [0, 0.05) is 19.6 Å². The van der Waals surface area contributed by atoms with E-state index in [9.17, 15) is 5.11 Å². The highest BCUT2D eigenvalue weighted by Crippen LogP contribution is 2.22. The van der Waals surface area contributed by atoms with Crippen LogP contribution in [0.5, 0.6) is 0 Å². The molecule has 1 heterocycles. The van der Waals surface area contributed by atoms with Crippen molar-refractivity contribution in [1.82, 2.24) is 4.90 Å². The fourth-order valence-corrected chi connectivity index (χ4v) is 2.30. The Morgan fingerprint density at radius 3 is 2.60 bits per heavy atom. The minimum Gasteiger partial charge on any atom is -0.389 e. The normalized spacial score (nSPS) is 31.2. The Kier molecular flexibility index (Phi) is 3.80. The van der Waals surface area contributed by atoms with Crippen molar-refractivity contribution in [3.05, 3.63) is 0 Å². The highest BCUT2D eigenvalue weighted by atomic mass is 16.5. The van der Waals surface area contributed by atoms with Crippen molar-refractivity contribution in [3.63, 3.8) is 0 Å². The summed E-state index contributed by atoms with van der Waals surface area (Å²) in [7, 11) is 0. The van der Waals surface area contributed by atoms with E-state index in [2.05, 4.69) is 25.7 Å². The third kappa shape index (κ3) is 4.09. The van der Waals surface area contributed by atoms with Crippen molar-refractivity contribution in [2.24, 2.45) is 0 Å². The average molecular weight is 215 g/mol. The van der Waals surface area contributed by atoms with Crippen molar-refractivity contribution in [2.45, 2.75) is 58.3 Å². The van der Waals surface area contributed by atoms with Crippen molar-refractivity contribution in [2.75, 3.05) is 19.6 Å². The zero-order valence-corrected chi connectivity index (χ0v) is 10.7. The molecule has 1 saturated heterocycles. The highest BCUT2D eigenvalue weighted by Gasteiger charge is 2.33. The summed E-state index contributed by atoms with van der Waals surface area (Å²) in [5, 5.41) is 10.0. The van der Waals surface area contributed by atoms with Crippen LogP contribution in [0.4, 0.5) is 0 Å². The second-order valence-corrected chi connectivity index (χ2v) is 5.71. The molecule has 0 saturated carbocycles. The molecule has 2 atom stereocenters. The van der Waals surface area contributed by atoms with Gasteiger partial charge in [0.15, 0.2) is 0 Å². The summed E-state index contributed by atoms with van der Waals surface area (Å²) in [6.45, 7) is 12.8. The van der Waals surface area contributed by atoms with Gasteiger partial charge in [0.1, 0.15) is 0 Å². The molecule has 0 amide bonds. The predicted molar refractivity (Wildman–Crippen MR) is 62.0 cm³/mol. The Balaban J connectivity index is 2.56. The Morgan fingerprint density at radius 1 is 1.53 bits per heavy atom. The summed E-state index contributed by atoms with van der Waals surface area (Å²) >= 11 is 0. The number of hydrogen-bond donors (Lipinski definition) is 1. The average Bonchev–Trinajstić information content (AvgIpc) is 1.99. The van der Waals surface area contributed by atoms with Crippen molar-refractivity contribution >= 4 is 0 Å². The van der Waals surface area contributed by atoms with Gasteiger partial charge >= 0.3 is 0 Å². The molecule has 1 fully saturated rings. The van der Waals surface area contributed by atoms with E-state index in [4.69, 9.17) is 4.74 Å². The molecular formula is C12H25NO2. The van der Waals surface area contributed by atoms with Crippen LogP contribution in [0.25, 0.3) is 0 Å². The lowest BCUT2D eigenvalue weighted by Crippen LogP contribution is -2.55. The van der Waals surface area contributed by atoms with Gasteiger partial charge in [-0.05, 0) is 34.1 Å². The Morgan fingerprint density at radius 2 is 2.13 bits per heavy atom. The second-order valence-electron chi connectivity index (χ2n) is 5.71. The summed E-state index contributed by atoms with van der Waals surface area (Å²) in [6, 6.07) is 0. The number of ether oxygens (including phenoxy) is 1. The summed E-state index contributed by atoms with van der Waals surface area (Å²) in [5.41, 5.74) is -0.672. The summed E-state index contributed by atoms with van der Waals surface area (Å²) in [4.78, 5) is 2.30. The van der Waals surface area contributed by atoms with Gasteiger partial charge in [0.25, 0.3) is 0 Å². The van der Waals surface area contributed by atoms with Crippen LogP contribution in [-0.2, 0) is 4.74 Å². The molecular weight excluding hydrogens is 190 g/mol. The van der Waals surface area contributed by atoms with E-state index >= 15 is 0 Å². The molecule has 0 aromatic rings. The van der Waals surface area contributed by atoms with Crippen LogP contribution in [0.2, 0.25) is 0 Å². The van der Waals surface area contributed by atoms with E-state index in [0.717, 1.165) is 26.1 Å². The van der Waals surface area contributed by atoms with Crippen LogP contribution in [-0.4, -0.2) is 46.9 Å². The number of rotatable bonds is 3. The monoisotopic (exact) mass is 215 g/mol. The van der Waals surface area contributed by atoms with Crippen LogP contribution in [0.3, 0.4) is 0 Å². The minimum atomic E-state index is -0.576. The molecule has 0 spiro atoms. The quantitative estimate of drug-likeness (QED) is 0.777. The van der Waals surface area contributed by atoms with Gasteiger partial charge in [0.05, 0.1) is 17.3 Å². The van der Waals surface area contributed by atoms with Crippen LogP contribution >= 0.6 is 0 Å². The molecule has 3 heteroatoms. The molecule has 1 rings (SSSR count). The first-order valence-corrected chi connectivity index (χ1v) is 5.87. The van der Waals surface area contributed by atoms with Crippen LogP contribution < -0.4 is 0 Å². The number of aliphatic hydroxyl groups is 1. The Bertz CT molecular complexity index is 214. The molecule has 1 aliphatic heterocycles. The third-order valence-corrected chi connectivity index (χ3v) is 2.97. The Labute approximate surface area is 93.4 Å². The third-order valence-electron chi connectivity index (χ3n) is 2.97. The minimum absolute atomic E-state index is 0.0957. The van der Waals surface area contributed by atoms with Crippen LogP contribution in [0, 0.1) is 0 Å². The molecule has 90 valence electrons. The smallest absolute Gasteiger partial charge is 0.0757 e. The first-order chi connectivity index (χ1) is 6.74. The van der Waals surface area contributed by atoms with Gasteiger partial charge in [-0.1, -0.05) is 6.92 Å². The SMILES string of the molecule is CCC(C)(O)CN1CC(C)OC(C)(C)C1. The highest BCUT2D eigenvalue weighted by molar-refractivity contribution is 4.86. The van der Waals surface area contributed by atoms with E-state index in [-0.39, 0.29) is 11.7 Å². The maximum absolute atomic E-state index is 10.0. The van der Waals surface area contributed by atoms with Gasteiger partial charge in [-0.15, -0.1) is 0 Å². The van der Waals surface area contributed by atoms with Crippen molar-refractivity contribution < 1.29 is 9.84 Å². The second kappa shape index (κ2) is 4.40. The molecule has 1 aliphatic rings. The number of nitrogens with zero attached hydrogens (tertiary/aromatic N) is 1. The van der Waals surface area contributed by atoms with E-state index in [0.29, 0.717) is 0 Å². The zero-order valence-electron chi connectivity index (χ0n) is 10.7. The van der Waals surface area contributed by atoms with E-state index in [1.807, 2.05) is 13.8 Å². The van der Waals surface area contributed by atoms with Gasteiger partial charge in [0.2, 0.25) is 0 Å². The first kappa shape index (κ1) is 12.9. The van der Waals surface area contributed by atoms with Gasteiger partial charge < -0.3 is 9.84 Å². The fourth-order valence-electron chi connectivity index (χ4n) is 2.30. The Hall–Kier alpha value is -0.120. The molecule has 0 bridgehead atoms. The van der Waals surface area contributed by atoms with Crippen LogP contribution in [0.1, 0.15) is 41.0 Å². The molecule has 1 N–H and O–H groups in total. The lowest BCUT2D eigenvalue weighted by atomic mass is 9.99. The van der Waals surface area contributed by atoms with Gasteiger partial charge in [-0.2, -0.15) is 0 Å². The lowest BCUT2D eigenvalue weighted by molar-refractivity contribution is -0.140. The topological polar surface area (TPSA) is 32.7 Å².